The van der Waals surface area contributed by atoms with E-state index >= 15 is 0 Å². The number of aromatic nitrogens is 3. The first kappa shape index (κ1) is 15.9. The van der Waals surface area contributed by atoms with Gasteiger partial charge in [-0.15, -0.1) is 0 Å². The van der Waals surface area contributed by atoms with Crippen molar-refractivity contribution in [2.75, 3.05) is 0 Å². The molecule has 1 amide bonds. The van der Waals surface area contributed by atoms with Gasteiger partial charge in [0.1, 0.15) is 0 Å². The van der Waals surface area contributed by atoms with Crippen LogP contribution in [0.3, 0.4) is 0 Å². The molecule has 1 atom stereocenters. The number of rotatable bonds is 5. The maximum Gasteiger partial charge on any atom is 0.251 e. The largest absolute Gasteiger partial charge is 0.343 e. The molecule has 1 aromatic heterocycles. The highest BCUT2D eigenvalue weighted by Gasteiger charge is 2.17. The van der Waals surface area contributed by atoms with Crippen LogP contribution in [0.2, 0.25) is 0 Å². The molecule has 122 valence electrons. The zero-order valence-electron chi connectivity index (χ0n) is 13.8. The molecule has 3 rings (SSSR count). The van der Waals surface area contributed by atoms with Crippen LogP contribution in [0, 0.1) is 13.8 Å². The van der Waals surface area contributed by atoms with E-state index in [9.17, 15) is 4.79 Å². The van der Waals surface area contributed by atoms with Gasteiger partial charge < -0.3 is 5.32 Å². The highest BCUT2D eigenvalue weighted by atomic mass is 16.1. The van der Waals surface area contributed by atoms with Crippen LogP contribution in [0.4, 0.5) is 0 Å². The Kier molecular flexibility index (Phi) is 4.70. The van der Waals surface area contributed by atoms with Gasteiger partial charge in [-0.1, -0.05) is 36.4 Å². The number of hydrogen-bond acceptors (Lipinski definition) is 3. The van der Waals surface area contributed by atoms with E-state index in [4.69, 9.17) is 0 Å². The Hall–Kier alpha value is -2.95. The van der Waals surface area contributed by atoms with Gasteiger partial charge in [0.15, 0.2) is 0 Å². The predicted octanol–water partition coefficient (Wildman–Crippen LogP) is 3.07. The average molecular weight is 320 g/mol. The number of amides is 1. The monoisotopic (exact) mass is 320 g/mol. The van der Waals surface area contributed by atoms with Crippen LogP contribution in [-0.4, -0.2) is 20.9 Å². The third kappa shape index (κ3) is 3.68. The first-order valence-electron chi connectivity index (χ1n) is 7.90. The van der Waals surface area contributed by atoms with Crippen molar-refractivity contribution in [2.45, 2.75) is 26.4 Å². The van der Waals surface area contributed by atoms with E-state index in [2.05, 4.69) is 15.5 Å². The maximum atomic E-state index is 12.7. The molecule has 5 heteroatoms. The molecular formula is C19H20N4O. The minimum absolute atomic E-state index is 0.0980. The normalized spacial score (nSPS) is 11.9. The summed E-state index contributed by atoms with van der Waals surface area (Å²) >= 11 is 0. The average Bonchev–Trinajstić information content (AvgIpc) is 3.10. The minimum Gasteiger partial charge on any atom is -0.343 e. The molecule has 0 aliphatic carbocycles. The van der Waals surface area contributed by atoms with Crippen LogP contribution in [0.15, 0.2) is 60.9 Å². The van der Waals surface area contributed by atoms with E-state index in [0.717, 1.165) is 11.1 Å². The van der Waals surface area contributed by atoms with E-state index in [1.165, 1.54) is 5.56 Å². The lowest BCUT2D eigenvalue weighted by molar-refractivity contribution is 0.0930. The third-order valence-corrected chi connectivity index (χ3v) is 4.09. The Morgan fingerprint density at radius 1 is 1.04 bits per heavy atom. The highest BCUT2D eigenvalue weighted by Crippen LogP contribution is 2.16. The molecule has 1 heterocycles. The second kappa shape index (κ2) is 7.08. The van der Waals surface area contributed by atoms with Gasteiger partial charge in [-0.3, -0.25) is 4.79 Å². The van der Waals surface area contributed by atoms with E-state index in [1.54, 1.807) is 17.2 Å². The molecule has 0 aliphatic heterocycles. The van der Waals surface area contributed by atoms with Crippen molar-refractivity contribution in [2.24, 2.45) is 0 Å². The quantitative estimate of drug-likeness (QED) is 0.786. The summed E-state index contributed by atoms with van der Waals surface area (Å²) in [5, 5.41) is 11.4. The van der Waals surface area contributed by atoms with Gasteiger partial charge in [0.2, 0.25) is 0 Å². The number of nitrogens with zero attached hydrogens (tertiary/aromatic N) is 3. The topological polar surface area (TPSA) is 59.8 Å². The predicted molar refractivity (Wildman–Crippen MR) is 92.6 cm³/mol. The molecule has 0 saturated carbocycles. The highest BCUT2D eigenvalue weighted by molar-refractivity contribution is 5.94. The zero-order valence-corrected chi connectivity index (χ0v) is 13.8. The Balaban J connectivity index is 1.83. The Bertz CT molecular complexity index is 813. The lowest BCUT2D eigenvalue weighted by Gasteiger charge is -2.19. The third-order valence-electron chi connectivity index (χ3n) is 4.09. The van der Waals surface area contributed by atoms with Gasteiger partial charge in [-0.05, 0) is 42.7 Å². The molecule has 24 heavy (non-hydrogen) atoms. The Morgan fingerprint density at radius 2 is 1.75 bits per heavy atom. The van der Waals surface area contributed by atoms with Gasteiger partial charge in [-0.2, -0.15) is 15.0 Å². The van der Waals surface area contributed by atoms with Gasteiger partial charge in [0, 0.05) is 5.56 Å². The standard InChI is InChI=1S/C19H20N4O/c1-14-8-9-17(12-15(14)2)19(24)22-18(13-23-20-10-11-21-23)16-6-4-3-5-7-16/h3-12,18H,13H2,1-2H3,(H,22,24). The number of carbonyl (C=O) groups excluding carboxylic acids is 1. The van der Waals surface area contributed by atoms with E-state index < -0.39 is 0 Å². The van der Waals surface area contributed by atoms with Gasteiger partial charge in [0.25, 0.3) is 5.91 Å². The fourth-order valence-electron chi connectivity index (χ4n) is 2.54. The maximum absolute atomic E-state index is 12.7. The first-order valence-corrected chi connectivity index (χ1v) is 7.90. The van der Waals surface area contributed by atoms with E-state index in [0.29, 0.717) is 12.1 Å². The van der Waals surface area contributed by atoms with Crippen LogP contribution >= 0.6 is 0 Å². The van der Waals surface area contributed by atoms with Crippen LogP contribution in [0.1, 0.15) is 33.1 Å². The Labute approximate surface area is 141 Å². The summed E-state index contributed by atoms with van der Waals surface area (Å²) in [4.78, 5) is 14.2. The zero-order chi connectivity index (χ0) is 16.9. The van der Waals surface area contributed by atoms with Crippen molar-refractivity contribution in [3.63, 3.8) is 0 Å². The van der Waals surface area contributed by atoms with Gasteiger partial charge in [-0.25, -0.2) is 0 Å². The number of benzene rings is 2. The molecule has 0 aliphatic rings. The summed E-state index contributed by atoms with van der Waals surface area (Å²) < 4.78 is 0. The molecule has 0 spiro atoms. The van der Waals surface area contributed by atoms with Crippen LogP contribution in [-0.2, 0) is 6.54 Å². The summed E-state index contributed by atoms with van der Waals surface area (Å²) in [6.45, 7) is 4.52. The molecule has 5 nitrogen and oxygen atoms in total. The summed E-state index contributed by atoms with van der Waals surface area (Å²) in [6.07, 6.45) is 3.26. The van der Waals surface area contributed by atoms with Gasteiger partial charge >= 0.3 is 0 Å². The Morgan fingerprint density at radius 3 is 2.42 bits per heavy atom. The van der Waals surface area contributed by atoms with Crippen molar-refractivity contribution in [1.29, 1.82) is 0 Å². The lowest BCUT2D eigenvalue weighted by Crippen LogP contribution is -2.32. The first-order chi connectivity index (χ1) is 11.6. The second-order valence-electron chi connectivity index (χ2n) is 5.82. The van der Waals surface area contributed by atoms with Crippen LogP contribution < -0.4 is 5.32 Å². The number of carbonyl (C=O) groups is 1. The molecular weight excluding hydrogens is 300 g/mol. The molecule has 2 aromatic carbocycles. The molecule has 1 N–H and O–H groups in total. The molecule has 0 bridgehead atoms. The van der Waals surface area contributed by atoms with E-state index in [1.807, 2.05) is 62.4 Å². The van der Waals surface area contributed by atoms with Crippen molar-refractivity contribution in [3.05, 3.63) is 83.2 Å². The number of nitrogens with one attached hydrogen (secondary N) is 1. The molecule has 3 aromatic rings. The molecule has 0 saturated heterocycles. The molecule has 0 radical (unpaired) electrons. The SMILES string of the molecule is Cc1ccc(C(=O)NC(Cn2nccn2)c2ccccc2)cc1C. The summed E-state index contributed by atoms with van der Waals surface area (Å²) in [7, 11) is 0. The summed E-state index contributed by atoms with van der Waals surface area (Å²) in [5.41, 5.74) is 3.96. The number of aryl methyl sites for hydroxylation is 2. The van der Waals surface area contributed by atoms with E-state index in [-0.39, 0.29) is 11.9 Å². The summed E-state index contributed by atoms with van der Waals surface area (Å²) in [6, 6.07) is 15.4. The minimum atomic E-state index is -0.201. The van der Waals surface area contributed by atoms with Crippen molar-refractivity contribution >= 4 is 5.91 Å². The smallest absolute Gasteiger partial charge is 0.251 e. The molecule has 0 fully saturated rings. The fourth-order valence-corrected chi connectivity index (χ4v) is 2.54. The molecule has 1 unspecified atom stereocenters. The van der Waals surface area contributed by atoms with Crippen LogP contribution in [0.5, 0.6) is 0 Å². The van der Waals surface area contributed by atoms with Crippen molar-refractivity contribution < 1.29 is 4.79 Å². The van der Waals surface area contributed by atoms with Gasteiger partial charge in [0.05, 0.1) is 25.0 Å². The lowest BCUT2D eigenvalue weighted by atomic mass is 10.0. The second-order valence-corrected chi connectivity index (χ2v) is 5.82. The van der Waals surface area contributed by atoms with Crippen molar-refractivity contribution in [1.82, 2.24) is 20.3 Å². The number of hydrogen-bond donors (Lipinski definition) is 1. The van der Waals surface area contributed by atoms with Crippen LogP contribution in [0.25, 0.3) is 0 Å². The van der Waals surface area contributed by atoms with Crippen molar-refractivity contribution in [3.8, 4) is 0 Å². The fraction of sp³-hybridized carbons (Fsp3) is 0.211. The summed E-state index contributed by atoms with van der Waals surface area (Å²) in [5.74, 6) is -0.0980.